The van der Waals surface area contributed by atoms with E-state index in [-0.39, 0.29) is 12.6 Å². The Morgan fingerprint density at radius 1 is 0.971 bits per heavy atom. The number of aryl methyl sites for hydroxylation is 1. The van der Waals surface area contributed by atoms with E-state index in [9.17, 15) is 4.79 Å². The van der Waals surface area contributed by atoms with Crippen molar-refractivity contribution < 1.29 is 14.3 Å². The largest absolute Gasteiger partial charge is 0.497 e. The molecule has 0 bridgehead atoms. The van der Waals surface area contributed by atoms with Gasteiger partial charge in [-0.05, 0) is 48.9 Å². The third-order valence-corrected chi connectivity index (χ3v) is 6.26. The second-order valence-electron chi connectivity index (χ2n) is 7.72. The van der Waals surface area contributed by atoms with Gasteiger partial charge >= 0.3 is 6.03 Å². The molecule has 35 heavy (non-hydrogen) atoms. The number of amides is 2. The number of carbonyl (C=O) groups excluding carboxylic acids is 1. The molecule has 0 saturated heterocycles. The van der Waals surface area contributed by atoms with Gasteiger partial charge in [-0.2, -0.15) is 0 Å². The highest BCUT2D eigenvalue weighted by Crippen LogP contribution is 2.27. The average Bonchev–Trinajstić information content (AvgIpc) is 3.30. The summed E-state index contributed by atoms with van der Waals surface area (Å²) >= 11 is 1.57. The lowest BCUT2D eigenvalue weighted by molar-refractivity contribution is 0.251. The molecule has 3 aromatic carbocycles. The highest BCUT2D eigenvalue weighted by molar-refractivity contribution is 7.98. The maximum absolute atomic E-state index is 12.6. The van der Waals surface area contributed by atoms with Crippen LogP contribution in [0.1, 0.15) is 17.0 Å². The van der Waals surface area contributed by atoms with Crippen LogP contribution in [0.3, 0.4) is 0 Å². The number of anilines is 1. The molecule has 0 aliphatic carbocycles. The van der Waals surface area contributed by atoms with Crippen molar-refractivity contribution in [3.63, 3.8) is 0 Å². The molecule has 9 heteroatoms. The number of nitrogens with zero attached hydrogens (tertiary/aromatic N) is 3. The summed E-state index contributed by atoms with van der Waals surface area (Å²) < 4.78 is 12.6. The van der Waals surface area contributed by atoms with Crippen LogP contribution in [0, 0.1) is 6.92 Å². The second-order valence-corrected chi connectivity index (χ2v) is 8.66. The van der Waals surface area contributed by atoms with E-state index in [1.54, 1.807) is 38.1 Å². The summed E-state index contributed by atoms with van der Waals surface area (Å²) in [5.41, 5.74) is 3.78. The fourth-order valence-electron chi connectivity index (χ4n) is 3.45. The first kappa shape index (κ1) is 24.2. The number of hydrogen-bond acceptors (Lipinski definition) is 6. The molecule has 0 aliphatic rings. The zero-order valence-corrected chi connectivity index (χ0v) is 20.6. The third-order valence-electron chi connectivity index (χ3n) is 5.26. The van der Waals surface area contributed by atoms with Gasteiger partial charge in [-0.15, -0.1) is 10.2 Å². The zero-order valence-electron chi connectivity index (χ0n) is 19.8. The Kier molecular flexibility index (Phi) is 7.89. The minimum absolute atomic E-state index is 0.196. The quantitative estimate of drug-likeness (QED) is 0.314. The number of para-hydroxylation sites is 2. The second kappa shape index (κ2) is 11.4. The normalized spacial score (nSPS) is 10.6. The van der Waals surface area contributed by atoms with Crippen LogP contribution in [0.2, 0.25) is 0 Å². The number of urea groups is 1. The summed E-state index contributed by atoms with van der Waals surface area (Å²) in [5, 5.41) is 15.2. The minimum atomic E-state index is -0.362. The predicted molar refractivity (Wildman–Crippen MR) is 138 cm³/mol. The average molecular weight is 490 g/mol. The SMILES string of the molecule is COc1cccc(CSc2nnc(CNC(=O)Nc3ccccc3OC)n2-c2ccc(C)cc2)c1. The standard InChI is InChI=1S/C26H27N5O3S/c1-18-11-13-20(14-12-18)31-24(16-27-25(32)28-22-9-4-5-10-23(22)34-3)29-30-26(31)35-17-19-7-6-8-21(15-19)33-2/h4-15H,16-17H2,1-3H3,(H2,27,28,32). The number of carbonyl (C=O) groups is 1. The van der Waals surface area contributed by atoms with Gasteiger partial charge in [0.2, 0.25) is 0 Å². The van der Waals surface area contributed by atoms with E-state index in [2.05, 4.69) is 20.8 Å². The van der Waals surface area contributed by atoms with Gasteiger partial charge < -0.3 is 20.1 Å². The van der Waals surface area contributed by atoms with Gasteiger partial charge in [0.15, 0.2) is 11.0 Å². The lowest BCUT2D eigenvalue weighted by Gasteiger charge is -2.13. The van der Waals surface area contributed by atoms with Gasteiger partial charge in [0.05, 0.1) is 26.5 Å². The molecule has 2 N–H and O–H groups in total. The number of methoxy groups -OCH3 is 2. The number of aromatic nitrogens is 3. The Hall–Kier alpha value is -3.98. The Balaban J connectivity index is 1.51. The van der Waals surface area contributed by atoms with E-state index in [0.29, 0.717) is 23.0 Å². The first-order valence-electron chi connectivity index (χ1n) is 11.0. The Labute approximate surface area is 208 Å². The van der Waals surface area contributed by atoms with Crippen molar-refractivity contribution in [2.24, 2.45) is 0 Å². The molecule has 8 nitrogen and oxygen atoms in total. The summed E-state index contributed by atoms with van der Waals surface area (Å²) in [6, 6.07) is 22.9. The summed E-state index contributed by atoms with van der Waals surface area (Å²) in [5.74, 6) is 2.72. The van der Waals surface area contributed by atoms with Crippen LogP contribution < -0.4 is 20.1 Å². The molecule has 1 heterocycles. The highest BCUT2D eigenvalue weighted by Gasteiger charge is 2.16. The van der Waals surface area contributed by atoms with E-state index in [4.69, 9.17) is 9.47 Å². The van der Waals surface area contributed by atoms with Crippen molar-refractivity contribution in [2.75, 3.05) is 19.5 Å². The first-order chi connectivity index (χ1) is 17.1. The van der Waals surface area contributed by atoms with Crippen LogP contribution in [0.4, 0.5) is 10.5 Å². The molecular formula is C26H27N5O3S. The first-order valence-corrected chi connectivity index (χ1v) is 12.0. The monoisotopic (exact) mass is 489 g/mol. The zero-order chi connectivity index (χ0) is 24.6. The van der Waals surface area contributed by atoms with Gasteiger partial charge in [-0.3, -0.25) is 4.57 Å². The molecule has 0 saturated carbocycles. The minimum Gasteiger partial charge on any atom is -0.497 e. The van der Waals surface area contributed by atoms with Crippen LogP contribution in [0.25, 0.3) is 5.69 Å². The molecule has 0 spiro atoms. The van der Waals surface area contributed by atoms with Crippen molar-refractivity contribution in [2.45, 2.75) is 24.4 Å². The van der Waals surface area contributed by atoms with Crippen LogP contribution in [0.5, 0.6) is 11.5 Å². The Bertz CT molecular complexity index is 1290. The fourth-order valence-corrected chi connectivity index (χ4v) is 4.36. The van der Waals surface area contributed by atoms with Crippen molar-refractivity contribution >= 4 is 23.5 Å². The molecule has 0 fully saturated rings. The van der Waals surface area contributed by atoms with Crippen LogP contribution in [-0.4, -0.2) is 35.0 Å². The summed E-state index contributed by atoms with van der Waals surface area (Å²) in [6.45, 7) is 2.24. The van der Waals surface area contributed by atoms with Crippen LogP contribution in [-0.2, 0) is 12.3 Å². The van der Waals surface area contributed by atoms with Gasteiger partial charge in [-0.1, -0.05) is 53.7 Å². The topological polar surface area (TPSA) is 90.3 Å². The maximum Gasteiger partial charge on any atom is 0.319 e. The molecule has 2 amide bonds. The third kappa shape index (κ3) is 6.13. The Morgan fingerprint density at radius 2 is 1.77 bits per heavy atom. The predicted octanol–water partition coefficient (Wildman–Crippen LogP) is 5.21. The number of rotatable bonds is 9. The Morgan fingerprint density at radius 3 is 2.54 bits per heavy atom. The van der Waals surface area contributed by atoms with E-state index in [0.717, 1.165) is 27.7 Å². The smallest absolute Gasteiger partial charge is 0.319 e. The van der Waals surface area contributed by atoms with Crippen LogP contribution in [0.15, 0.2) is 78.0 Å². The van der Waals surface area contributed by atoms with Crippen molar-refractivity contribution in [1.82, 2.24) is 20.1 Å². The van der Waals surface area contributed by atoms with Gasteiger partial charge in [0.1, 0.15) is 11.5 Å². The lowest BCUT2D eigenvalue weighted by Crippen LogP contribution is -2.29. The van der Waals surface area contributed by atoms with E-state index < -0.39 is 0 Å². The maximum atomic E-state index is 12.6. The van der Waals surface area contributed by atoms with Gasteiger partial charge in [0, 0.05) is 11.4 Å². The molecule has 0 atom stereocenters. The van der Waals surface area contributed by atoms with Crippen molar-refractivity contribution in [3.8, 4) is 17.2 Å². The molecule has 0 unspecified atom stereocenters. The van der Waals surface area contributed by atoms with Crippen molar-refractivity contribution in [1.29, 1.82) is 0 Å². The number of benzene rings is 3. The molecular weight excluding hydrogens is 462 g/mol. The fraction of sp³-hybridized carbons (Fsp3) is 0.192. The number of hydrogen-bond donors (Lipinski definition) is 2. The van der Waals surface area contributed by atoms with Crippen molar-refractivity contribution in [3.05, 3.63) is 89.7 Å². The van der Waals surface area contributed by atoms with E-state index >= 15 is 0 Å². The molecule has 4 rings (SSSR count). The summed E-state index contributed by atoms with van der Waals surface area (Å²) in [4.78, 5) is 12.6. The van der Waals surface area contributed by atoms with Gasteiger partial charge in [0.25, 0.3) is 0 Å². The molecule has 0 radical (unpaired) electrons. The molecule has 1 aromatic heterocycles. The van der Waals surface area contributed by atoms with E-state index in [1.807, 2.05) is 72.2 Å². The molecule has 0 aliphatic heterocycles. The number of nitrogens with one attached hydrogen (secondary N) is 2. The molecule has 180 valence electrons. The van der Waals surface area contributed by atoms with E-state index in [1.165, 1.54) is 0 Å². The van der Waals surface area contributed by atoms with Crippen LogP contribution >= 0.6 is 11.8 Å². The summed E-state index contributed by atoms with van der Waals surface area (Å²) in [7, 11) is 3.22. The lowest BCUT2D eigenvalue weighted by atomic mass is 10.2. The number of thioether (sulfide) groups is 1. The summed E-state index contributed by atoms with van der Waals surface area (Å²) in [6.07, 6.45) is 0. The number of ether oxygens (including phenoxy) is 2. The molecule has 4 aromatic rings. The van der Waals surface area contributed by atoms with Gasteiger partial charge in [-0.25, -0.2) is 4.79 Å². The highest BCUT2D eigenvalue weighted by atomic mass is 32.2.